The van der Waals surface area contributed by atoms with Gasteiger partial charge >= 0.3 is 5.97 Å². The van der Waals surface area contributed by atoms with Crippen molar-refractivity contribution in [3.8, 4) is 5.75 Å². The Bertz CT molecular complexity index is 1680. The number of hydrazine groups is 1. The number of rotatable bonds is 8. The SMILES string of the molecule is CC1=CC[C@H]2C(=O)N(N(CC(=O)c3ccc(OC(=O)c4ccc([N+](=O)[O-])cc4)cc3)C(=O)c3ccccc3Cl)C(=O)[C@H]2C1. The number of amides is 3. The Morgan fingerprint density at radius 1 is 0.953 bits per heavy atom. The molecule has 1 fully saturated rings. The van der Waals surface area contributed by atoms with Gasteiger partial charge in [-0.05, 0) is 68.3 Å². The maximum Gasteiger partial charge on any atom is 0.343 e. The minimum absolute atomic E-state index is 0.0234. The Morgan fingerprint density at radius 2 is 1.58 bits per heavy atom. The second kappa shape index (κ2) is 12.0. The lowest BCUT2D eigenvalue weighted by Gasteiger charge is -2.30. The zero-order chi connectivity index (χ0) is 30.8. The number of non-ortho nitro benzene ring substituents is 1. The third-order valence-electron chi connectivity index (χ3n) is 7.37. The molecule has 218 valence electrons. The van der Waals surface area contributed by atoms with E-state index < -0.39 is 52.8 Å². The van der Waals surface area contributed by atoms with E-state index in [0.29, 0.717) is 12.8 Å². The standard InChI is InChI=1S/C31H24ClN3O8/c1-18-6-15-23-25(16-18)30(39)34(29(23)38)33(28(37)24-4-2-3-5-26(24)32)17-27(36)19-9-13-22(14-10-19)43-31(40)20-7-11-21(12-8-20)35(41)42/h2-14,23,25H,15-17H2,1H3/t23-,25+/m1/s1. The van der Waals surface area contributed by atoms with E-state index >= 15 is 0 Å². The molecule has 1 aliphatic carbocycles. The molecule has 12 heteroatoms. The van der Waals surface area contributed by atoms with Crippen molar-refractivity contribution in [1.82, 2.24) is 10.0 Å². The highest BCUT2D eigenvalue weighted by molar-refractivity contribution is 6.34. The number of esters is 1. The lowest BCUT2D eigenvalue weighted by atomic mass is 9.82. The van der Waals surface area contributed by atoms with E-state index in [4.69, 9.17) is 16.3 Å². The van der Waals surface area contributed by atoms with E-state index in [9.17, 15) is 34.1 Å². The molecular formula is C31H24ClN3O8. The molecule has 3 aromatic rings. The van der Waals surface area contributed by atoms with Crippen LogP contribution in [0.3, 0.4) is 0 Å². The number of nitro groups is 1. The minimum atomic E-state index is -0.780. The molecule has 0 bridgehead atoms. The van der Waals surface area contributed by atoms with Crippen LogP contribution in [-0.2, 0) is 9.59 Å². The molecule has 43 heavy (non-hydrogen) atoms. The van der Waals surface area contributed by atoms with Gasteiger partial charge in [-0.25, -0.2) is 9.80 Å². The molecule has 1 heterocycles. The summed E-state index contributed by atoms with van der Waals surface area (Å²) in [5.41, 5.74) is 1.03. The molecule has 0 N–H and O–H groups in total. The Hall–Kier alpha value is -5.16. The highest BCUT2D eigenvalue weighted by Gasteiger charge is 2.51. The first-order valence-electron chi connectivity index (χ1n) is 13.2. The van der Waals surface area contributed by atoms with E-state index in [-0.39, 0.29) is 33.1 Å². The average Bonchev–Trinajstić information content (AvgIpc) is 3.24. The summed E-state index contributed by atoms with van der Waals surface area (Å²) in [6.45, 7) is 1.25. The van der Waals surface area contributed by atoms with Crippen LogP contribution in [0.1, 0.15) is 50.8 Å². The van der Waals surface area contributed by atoms with E-state index in [0.717, 1.165) is 15.6 Å². The van der Waals surface area contributed by atoms with Crippen LogP contribution in [-0.4, -0.2) is 51.0 Å². The van der Waals surface area contributed by atoms with Gasteiger partial charge in [0.1, 0.15) is 12.3 Å². The van der Waals surface area contributed by atoms with Crippen molar-refractivity contribution in [3.63, 3.8) is 0 Å². The number of ketones is 1. The van der Waals surface area contributed by atoms with Gasteiger partial charge in [0, 0.05) is 17.7 Å². The van der Waals surface area contributed by atoms with Crippen LogP contribution in [0.4, 0.5) is 5.69 Å². The predicted molar refractivity (Wildman–Crippen MR) is 153 cm³/mol. The molecule has 3 amide bonds. The fourth-order valence-electron chi connectivity index (χ4n) is 5.09. The van der Waals surface area contributed by atoms with E-state index in [1.807, 2.05) is 13.0 Å². The van der Waals surface area contributed by atoms with Gasteiger partial charge in [0.15, 0.2) is 5.78 Å². The zero-order valence-electron chi connectivity index (χ0n) is 22.8. The van der Waals surface area contributed by atoms with Crippen molar-refractivity contribution in [3.05, 3.63) is 116 Å². The molecule has 2 aliphatic rings. The molecule has 5 rings (SSSR count). The van der Waals surface area contributed by atoms with Crippen LogP contribution in [0.2, 0.25) is 5.02 Å². The molecule has 2 atom stereocenters. The van der Waals surface area contributed by atoms with Crippen molar-refractivity contribution in [2.75, 3.05) is 6.54 Å². The third kappa shape index (κ3) is 5.93. The van der Waals surface area contributed by atoms with Crippen molar-refractivity contribution in [2.24, 2.45) is 11.8 Å². The highest BCUT2D eigenvalue weighted by atomic mass is 35.5. The average molecular weight is 602 g/mol. The van der Waals surface area contributed by atoms with E-state index in [2.05, 4.69) is 0 Å². The number of hydrogen-bond donors (Lipinski definition) is 0. The number of ether oxygens (including phenoxy) is 1. The lowest BCUT2D eigenvalue weighted by molar-refractivity contribution is -0.384. The quantitative estimate of drug-likeness (QED) is 0.0663. The molecule has 0 unspecified atom stereocenters. The summed E-state index contributed by atoms with van der Waals surface area (Å²) in [6.07, 6.45) is 2.64. The fraction of sp³-hybridized carbons (Fsp3) is 0.194. The number of carbonyl (C=O) groups excluding carboxylic acids is 5. The molecule has 11 nitrogen and oxygen atoms in total. The Balaban J connectivity index is 1.36. The van der Waals surface area contributed by atoms with Crippen LogP contribution in [0, 0.1) is 22.0 Å². The van der Waals surface area contributed by atoms with Crippen LogP contribution in [0.15, 0.2) is 84.4 Å². The summed E-state index contributed by atoms with van der Waals surface area (Å²) in [4.78, 5) is 76.6. The van der Waals surface area contributed by atoms with Crippen molar-refractivity contribution in [1.29, 1.82) is 0 Å². The predicted octanol–water partition coefficient (Wildman–Crippen LogP) is 5.05. The minimum Gasteiger partial charge on any atom is -0.423 e. The van der Waals surface area contributed by atoms with Crippen LogP contribution < -0.4 is 4.74 Å². The molecule has 1 saturated heterocycles. The first-order valence-corrected chi connectivity index (χ1v) is 13.6. The number of benzene rings is 3. The number of fused-ring (bicyclic) bond motifs is 1. The monoisotopic (exact) mass is 601 g/mol. The molecule has 1 aliphatic heterocycles. The normalized spacial score (nSPS) is 17.6. The van der Waals surface area contributed by atoms with Gasteiger partial charge in [0.05, 0.1) is 32.9 Å². The van der Waals surface area contributed by atoms with Gasteiger partial charge in [-0.3, -0.25) is 29.3 Å². The summed E-state index contributed by atoms with van der Waals surface area (Å²) >= 11 is 6.26. The summed E-state index contributed by atoms with van der Waals surface area (Å²) in [5.74, 6) is -4.39. The molecule has 0 spiro atoms. The second-order valence-electron chi connectivity index (χ2n) is 10.2. The Morgan fingerprint density at radius 3 is 2.23 bits per heavy atom. The Labute approximate surface area is 250 Å². The van der Waals surface area contributed by atoms with Crippen LogP contribution >= 0.6 is 11.6 Å². The first-order chi connectivity index (χ1) is 20.5. The van der Waals surface area contributed by atoms with Crippen molar-refractivity contribution >= 4 is 46.8 Å². The molecule has 0 aromatic heterocycles. The number of nitro benzene ring substituents is 1. The largest absolute Gasteiger partial charge is 0.423 e. The van der Waals surface area contributed by atoms with Gasteiger partial charge < -0.3 is 4.74 Å². The van der Waals surface area contributed by atoms with E-state index in [1.54, 1.807) is 12.1 Å². The van der Waals surface area contributed by atoms with Crippen molar-refractivity contribution in [2.45, 2.75) is 19.8 Å². The number of carbonyl (C=O) groups is 5. The summed E-state index contributed by atoms with van der Waals surface area (Å²) < 4.78 is 5.30. The zero-order valence-corrected chi connectivity index (χ0v) is 23.5. The summed E-state index contributed by atoms with van der Waals surface area (Å²) in [7, 11) is 0. The molecule has 3 aromatic carbocycles. The molecule has 0 saturated carbocycles. The van der Waals surface area contributed by atoms with Gasteiger partial charge in [0.25, 0.3) is 23.4 Å². The number of nitrogens with zero attached hydrogens (tertiary/aromatic N) is 3. The lowest BCUT2D eigenvalue weighted by Crippen LogP contribution is -2.52. The van der Waals surface area contributed by atoms with Crippen molar-refractivity contribution < 1.29 is 33.6 Å². The maximum atomic E-state index is 13.7. The van der Waals surface area contributed by atoms with Crippen LogP contribution in [0.5, 0.6) is 5.75 Å². The summed E-state index contributed by atoms with van der Waals surface area (Å²) in [5, 5.41) is 12.6. The number of hydrogen-bond acceptors (Lipinski definition) is 8. The van der Waals surface area contributed by atoms with Gasteiger partial charge in [-0.1, -0.05) is 35.4 Å². The Kier molecular flexibility index (Phi) is 8.18. The second-order valence-corrected chi connectivity index (χ2v) is 10.6. The van der Waals surface area contributed by atoms with Gasteiger partial charge in [0.2, 0.25) is 0 Å². The highest BCUT2D eigenvalue weighted by Crippen LogP contribution is 2.39. The van der Waals surface area contributed by atoms with Gasteiger partial charge in [-0.2, -0.15) is 5.01 Å². The third-order valence-corrected chi connectivity index (χ3v) is 7.70. The maximum absolute atomic E-state index is 13.7. The smallest absolute Gasteiger partial charge is 0.343 e. The number of Topliss-reactive ketones (excluding diaryl/α,β-unsaturated/α-hetero) is 1. The van der Waals surface area contributed by atoms with Gasteiger partial charge in [-0.15, -0.1) is 0 Å². The molecule has 0 radical (unpaired) electrons. The number of imide groups is 1. The first kappa shape index (κ1) is 29.3. The fourth-order valence-corrected chi connectivity index (χ4v) is 5.30. The topological polar surface area (TPSA) is 144 Å². The van der Waals surface area contributed by atoms with Crippen LogP contribution in [0.25, 0.3) is 0 Å². The molecular weight excluding hydrogens is 578 g/mol. The van der Waals surface area contributed by atoms with E-state index in [1.165, 1.54) is 60.7 Å². The number of allylic oxidation sites excluding steroid dienone is 2. The number of halogens is 1. The summed E-state index contributed by atoms with van der Waals surface area (Å²) in [6, 6.07) is 16.5.